The fourth-order valence-corrected chi connectivity index (χ4v) is 3.78. The molecule has 8 nitrogen and oxygen atoms in total. The number of benzene rings is 3. The van der Waals surface area contributed by atoms with Gasteiger partial charge < -0.3 is 24.1 Å². The molecule has 3 aromatic carbocycles. The molecule has 178 valence electrons. The zero-order valence-electron chi connectivity index (χ0n) is 19.5. The quantitative estimate of drug-likeness (QED) is 0.391. The normalized spacial score (nSPS) is 10.6. The van der Waals surface area contributed by atoms with Gasteiger partial charge >= 0.3 is 0 Å². The first-order valence-electron chi connectivity index (χ1n) is 10.8. The summed E-state index contributed by atoms with van der Waals surface area (Å²) in [4.78, 5) is 39.4. The number of rotatable bonds is 8. The number of ketones is 1. The lowest BCUT2D eigenvalue weighted by Crippen LogP contribution is -2.24. The van der Waals surface area contributed by atoms with Crippen LogP contribution in [-0.2, 0) is 11.3 Å². The van der Waals surface area contributed by atoms with E-state index in [4.69, 9.17) is 14.2 Å². The summed E-state index contributed by atoms with van der Waals surface area (Å²) in [6.07, 6.45) is 1.43. The summed E-state index contributed by atoms with van der Waals surface area (Å²) in [5, 5.41) is 3.09. The molecule has 0 radical (unpaired) electrons. The Labute approximate surface area is 201 Å². The SMILES string of the molecule is COc1cc(NC(=O)Cn2cc(C(=O)c3ccccc3)c(=O)c3cc(OC)ccc32)cc(OC)c1. The molecule has 8 heteroatoms. The maximum Gasteiger partial charge on any atom is 0.244 e. The highest BCUT2D eigenvalue weighted by Gasteiger charge is 2.19. The number of nitrogens with zero attached hydrogens (tertiary/aromatic N) is 1. The van der Waals surface area contributed by atoms with Crippen LogP contribution in [0.1, 0.15) is 15.9 Å². The summed E-state index contributed by atoms with van der Waals surface area (Å²) in [5.41, 5.74) is 0.902. The molecule has 0 saturated heterocycles. The van der Waals surface area contributed by atoms with Crippen molar-refractivity contribution < 1.29 is 23.8 Å². The second kappa shape index (κ2) is 10.1. The third-order valence-corrected chi connectivity index (χ3v) is 5.52. The first kappa shape index (κ1) is 23.6. The zero-order valence-corrected chi connectivity index (χ0v) is 19.5. The van der Waals surface area contributed by atoms with Crippen molar-refractivity contribution in [2.45, 2.75) is 6.54 Å². The predicted octanol–water partition coefficient (Wildman–Crippen LogP) is 3.90. The van der Waals surface area contributed by atoms with Gasteiger partial charge in [-0.2, -0.15) is 0 Å². The van der Waals surface area contributed by atoms with Crippen LogP contribution < -0.4 is 25.0 Å². The number of fused-ring (bicyclic) bond motifs is 1. The molecule has 0 aliphatic rings. The number of carbonyl (C=O) groups excluding carboxylic acids is 2. The summed E-state index contributed by atoms with van der Waals surface area (Å²) < 4.78 is 17.4. The Morgan fingerprint density at radius 2 is 1.49 bits per heavy atom. The first-order chi connectivity index (χ1) is 16.9. The molecule has 0 bridgehead atoms. The Hall–Kier alpha value is -4.59. The third kappa shape index (κ3) is 5.01. The van der Waals surface area contributed by atoms with Crippen molar-refractivity contribution in [2.24, 2.45) is 0 Å². The van der Waals surface area contributed by atoms with Crippen LogP contribution in [0.3, 0.4) is 0 Å². The number of ether oxygens (including phenoxy) is 3. The maximum atomic E-state index is 13.3. The number of hydrogen-bond donors (Lipinski definition) is 1. The van der Waals surface area contributed by atoms with E-state index in [1.807, 2.05) is 0 Å². The summed E-state index contributed by atoms with van der Waals surface area (Å²) in [6.45, 7) is -0.141. The number of amides is 1. The molecule has 4 aromatic rings. The van der Waals surface area contributed by atoms with Crippen LogP contribution in [0.25, 0.3) is 10.9 Å². The number of anilines is 1. The average Bonchev–Trinajstić information content (AvgIpc) is 2.89. The Morgan fingerprint density at radius 1 is 0.829 bits per heavy atom. The molecule has 0 aliphatic carbocycles. The standard InChI is InChI=1S/C27H24N2O6/c1-33-19-9-10-24-22(14-19)27(32)23(26(31)17-7-5-4-6-8-17)15-29(24)16-25(30)28-18-11-20(34-2)13-21(12-18)35-3/h4-15H,16H2,1-3H3,(H,28,30). The lowest BCUT2D eigenvalue weighted by atomic mass is 10.0. The first-order valence-corrected chi connectivity index (χ1v) is 10.8. The number of nitrogens with one attached hydrogen (secondary N) is 1. The molecule has 1 N–H and O–H groups in total. The van der Waals surface area contributed by atoms with Crippen molar-refractivity contribution in [1.29, 1.82) is 0 Å². The molecule has 35 heavy (non-hydrogen) atoms. The van der Waals surface area contributed by atoms with Crippen LogP contribution in [0, 0.1) is 0 Å². The minimum Gasteiger partial charge on any atom is -0.497 e. The van der Waals surface area contributed by atoms with Gasteiger partial charge in [-0.15, -0.1) is 0 Å². The molecule has 1 heterocycles. The second-order valence-corrected chi connectivity index (χ2v) is 7.73. The van der Waals surface area contributed by atoms with Gasteiger partial charge in [0.15, 0.2) is 5.78 Å². The summed E-state index contributed by atoms with van der Waals surface area (Å²) in [5.74, 6) is 0.734. The predicted molar refractivity (Wildman–Crippen MR) is 133 cm³/mol. The van der Waals surface area contributed by atoms with Gasteiger partial charge in [-0.05, 0) is 18.2 Å². The number of aromatic nitrogens is 1. The van der Waals surface area contributed by atoms with Crippen molar-refractivity contribution >= 4 is 28.3 Å². The lowest BCUT2D eigenvalue weighted by Gasteiger charge is -2.15. The van der Waals surface area contributed by atoms with Gasteiger partial charge in [0.1, 0.15) is 23.8 Å². The van der Waals surface area contributed by atoms with E-state index in [2.05, 4.69) is 5.32 Å². The van der Waals surface area contributed by atoms with E-state index in [1.54, 1.807) is 71.3 Å². The topological polar surface area (TPSA) is 95.9 Å². The van der Waals surface area contributed by atoms with Gasteiger partial charge in [0.2, 0.25) is 11.3 Å². The molecule has 4 rings (SSSR count). The molecular formula is C27H24N2O6. The van der Waals surface area contributed by atoms with Crippen molar-refractivity contribution in [3.05, 3.63) is 94.3 Å². The van der Waals surface area contributed by atoms with Crippen LogP contribution >= 0.6 is 0 Å². The molecule has 0 spiro atoms. The maximum absolute atomic E-state index is 13.3. The molecule has 0 atom stereocenters. The summed E-state index contributed by atoms with van der Waals surface area (Å²) in [6, 6.07) is 18.5. The number of pyridine rings is 1. The molecule has 1 aromatic heterocycles. The van der Waals surface area contributed by atoms with Gasteiger partial charge in [-0.25, -0.2) is 0 Å². The largest absolute Gasteiger partial charge is 0.497 e. The molecule has 0 unspecified atom stereocenters. The highest BCUT2D eigenvalue weighted by Crippen LogP contribution is 2.26. The van der Waals surface area contributed by atoms with E-state index in [9.17, 15) is 14.4 Å². The fraction of sp³-hybridized carbons (Fsp3) is 0.148. The third-order valence-electron chi connectivity index (χ3n) is 5.52. The van der Waals surface area contributed by atoms with E-state index in [0.29, 0.717) is 34.0 Å². The lowest BCUT2D eigenvalue weighted by molar-refractivity contribution is -0.116. The second-order valence-electron chi connectivity index (χ2n) is 7.73. The molecule has 0 aliphatic heterocycles. The van der Waals surface area contributed by atoms with Crippen LogP contribution in [-0.4, -0.2) is 37.6 Å². The zero-order chi connectivity index (χ0) is 24.9. The van der Waals surface area contributed by atoms with E-state index in [-0.39, 0.29) is 23.4 Å². The Morgan fingerprint density at radius 3 is 2.11 bits per heavy atom. The van der Waals surface area contributed by atoms with E-state index >= 15 is 0 Å². The minimum absolute atomic E-state index is 0.0344. The van der Waals surface area contributed by atoms with Crippen molar-refractivity contribution in [3.63, 3.8) is 0 Å². The van der Waals surface area contributed by atoms with Crippen LogP contribution in [0.15, 0.2) is 77.7 Å². The monoisotopic (exact) mass is 472 g/mol. The minimum atomic E-state index is -0.429. The summed E-state index contributed by atoms with van der Waals surface area (Å²) in [7, 11) is 4.54. The van der Waals surface area contributed by atoms with Gasteiger partial charge in [-0.1, -0.05) is 30.3 Å². The van der Waals surface area contributed by atoms with Crippen molar-refractivity contribution in [3.8, 4) is 17.2 Å². The highest BCUT2D eigenvalue weighted by atomic mass is 16.5. The van der Waals surface area contributed by atoms with E-state index in [0.717, 1.165) is 0 Å². The fourth-order valence-electron chi connectivity index (χ4n) is 3.78. The Balaban J connectivity index is 1.75. The van der Waals surface area contributed by atoms with Gasteiger partial charge in [0, 0.05) is 35.6 Å². The highest BCUT2D eigenvalue weighted by molar-refractivity contribution is 6.10. The molecule has 0 fully saturated rings. The summed E-state index contributed by atoms with van der Waals surface area (Å²) >= 11 is 0. The average molecular weight is 472 g/mol. The Kier molecular flexibility index (Phi) is 6.82. The van der Waals surface area contributed by atoms with Gasteiger partial charge in [0.05, 0.1) is 37.8 Å². The Bertz CT molecular complexity index is 1440. The molecule has 1 amide bonds. The smallest absolute Gasteiger partial charge is 0.244 e. The number of carbonyl (C=O) groups is 2. The number of hydrogen-bond acceptors (Lipinski definition) is 6. The van der Waals surface area contributed by atoms with Crippen molar-refractivity contribution in [1.82, 2.24) is 4.57 Å². The van der Waals surface area contributed by atoms with Crippen molar-refractivity contribution in [2.75, 3.05) is 26.6 Å². The number of methoxy groups -OCH3 is 3. The van der Waals surface area contributed by atoms with Crippen LogP contribution in [0.2, 0.25) is 0 Å². The van der Waals surface area contributed by atoms with Crippen LogP contribution in [0.5, 0.6) is 17.2 Å². The molecule has 0 saturated carbocycles. The van der Waals surface area contributed by atoms with E-state index in [1.165, 1.54) is 27.5 Å². The van der Waals surface area contributed by atoms with Gasteiger partial charge in [0.25, 0.3) is 0 Å². The van der Waals surface area contributed by atoms with Gasteiger partial charge in [-0.3, -0.25) is 14.4 Å². The molecular weight excluding hydrogens is 448 g/mol. The van der Waals surface area contributed by atoms with E-state index < -0.39 is 11.2 Å². The van der Waals surface area contributed by atoms with Crippen LogP contribution in [0.4, 0.5) is 5.69 Å².